The average molecular weight is 235 g/mol. The van der Waals surface area contributed by atoms with Gasteiger partial charge in [-0.15, -0.1) is 12.6 Å². The van der Waals surface area contributed by atoms with Crippen molar-refractivity contribution in [2.45, 2.75) is 20.8 Å². The van der Waals surface area contributed by atoms with Gasteiger partial charge in [-0.2, -0.15) is 0 Å². The third-order valence-corrected chi connectivity index (χ3v) is 2.20. The molecule has 0 atom stereocenters. The molecule has 0 rings (SSSR count). The average Bonchev–Trinajstić information content (AvgIpc) is 2.07. The van der Waals surface area contributed by atoms with Gasteiger partial charge in [0.1, 0.15) is 0 Å². The summed E-state index contributed by atoms with van der Waals surface area (Å²) in [5, 5.41) is 0. The fourth-order valence-electron chi connectivity index (χ4n) is 0.342. The summed E-state index contributed by atoms with van der Waals surface area (Å²) in [6.07, 6.45) is 5.53. The third kappa shape index (κ3) is 7.95. The summed E-state index contributed by atoms with van der Waals surface area (Å²) < 4.78 is 0.920. The number of hydrogen-bond donors (Lipinski definition) is 1. The molecule has 0 aromatic heterocycles. The molecule has 64 valence electrons. The van der Waals surface area contributed by atoms with Crippen molar-refractivity contribution in [3.63, 3.8) is 0 Å². The van der Waals surface area contributed by atoms with E-state index in [0.29, 0.717) is 0 Å². The first-order chi connectivity index (χ1) is 5.22. The zero-order chi connectivity index (χ0) is 9.28. The van der Waals surface area contributed by atoms with Gasteiger partial charge in [-0.1, -0.05) is 38.7 Å². The van der Waals surface area contributed by atoms with Gasteiger partial charge in [0.25, 0.3) is 0 Å². The molecule has 0 fully saturated rings. The fraction of sp³-hybridized carbons (Fsp3) is 0.333. The van der Waals surface area contributed by atoms with Crippen molar-refractivity contribution < 1.29 is 0 Å². The minimum atomic E-state index is 0.896. The number of hydrogen-bond acceptors (Lipinski definition) is 1. The maximum Gasteiger partial charge on any atom is 0.0302 e. The highest BCUT2D eigenvalue weighted by Gasteiger charge is 1.87. The van der Waals surface area contributed by atoms with E-state index in [9.17, 15) is 0 Å². The van der Waals surface area contributed by atoms with E-state index in [2.05, 4.69) is 35.1 Å². The van der Waals surface area contributed by atoms with E-state index in [-0.39, 0.29) is 0 Å². The standard InChI is InChI=1S/C7H9BrS.C2H6/c1-3-5-7(9)6(8)4-2;1-2/h3-5,9H,2H2,1H3;1-2H3/b5-3-,7-6-;. The number of rotatable bonds is 2. The van der Waals surface area contributed by atoms with E-state index < -0.39 is 0 Å². The Morgan fingerprint density at radius 2 is 1.91 bits per heavy atom. The van der Waals surface area contributed by atoms with Gasteiger partial charge in [-0.05, 0) is 22.9 Å². The Morgan fingerprint density at radius 3 is 2.18 bits per heavy atom. The molecule has 0 aromatic rings. The monoisotopic (exact) mass is 234 g/mol. The lowest BCUT2D eigenvalue weighted by atomic mass is 10.4. The van der Waals surface area contributed by atoms with Crippen molar-refractivity contribution >= 4 is 28.6 Å². The Morgan fingerprint density at radius 1 is 1.45 bits per heavy atom. The van der Waals surface area contributed by atoms with Crippen molar-refractivity contribution in [2.24, 2.45) is 0 Å². The van der Waals surface area contributed by atoms with Crippen LogP contribution in [0.5, 0.6) is 0 Å². The minimum Gasteiger partial charge on any atom is -0.142 e. The lowest BCUT2D eigenvalue weighted by Crippen LogP contribution is -1.65. The van der Waals surface area contributed by atoms with E-state index in [1.54, 1.807) is 6.08 Å². The number of allylic oxidation sites excluding steroid dienone is 4. The van der Waals surface area contributed by atoms with Crippen molar-refractivity contribution in [1.82, 2.24) is 0 Å². The molecule has 0 saturated heterocycles. The van der Waals surface area contributed by atoms with Crippen LogP contribution in [0.25, 0.3) is 0 Å². The summed E-state index contributed by atoms with van der Waals surface area (Å²) in [6.45, 7) is 9.52. The highest BCUT2D eigenvalue weighted by molar-refractivity contribution is 9.12. The molecular weight excluding hydrogens is 220 g/mol. The van der Waals surface area contributed by atoms with Gasteiger partial charge >= 0.3 is 0 Å². The van der Waals surface area contributed by atoms with Crippen LogP contribution in [0.1, 0.15) is 20.8 Å². The predicted molar refractivity (Wildman–Crippen MR) is 61.3 cm³/mol. The SMILES string of the molecule is C=C/C(Br)=C(S)\C=C/C.CC. The van der Waals surface area contributed by atoms with Crippen molar-refractivity contribution in [3.05, 3.63) is 34.2 Å². The summed E-state index contributed by atoms with van der Waals surface area (Å²) in [4.78, 5) is 0.896. The Labute approximate surface area is 83.6 Å². The molecule has 0 spiro atoms. The molecule has 0 aliphatic carbocycles. The lowest BCUT2D eigenvalue weighted by molar-refractivity contribution is 1.50. The summed E-state index contributed by atoms with van der Waals surface area (Å²) in [5.41, 5.74) is 0. The van der Waals surface area contributed by atoms with Crippen LogP contribution in [0.4, 0.5) is 0 Å². The van der Waals surface area contributed by atoms with Gasteiger partial charge in [0.05, 0.1) is 0 Å². The van der Waals surface area contributed by atoms with Gasteiger partial charge < -0.3 is 0 Å². The predicted octanol–water partition coefficient (Wildman–Crippen LogP) is 4.31. The first-order valence-corrected chi connectivity index (χ1v) is 4.80. The maximum absolute atomic E-state index is 4.16. The van der Waals surface area contributed by atoms with E-state index in [0.717, 1.165) is 9.39 Å². The van der Waals surface area contributed by atoms with Crippen LogP contribution in [-0.2, 0) is 0 Å². The van der Waals surface area contributed by atoms with Crippen LogP contribution in [0.2, 0.25) is 0 Å². The van der Waals surface area contributed by atoms with Gasteiger partial charge in [-0.3, -0.25) is 0 Å². The van der Waals surface area contributed by atoms with Gasteiger partial charge in [0, 0.05) is 9.39 Å². The summed E-state index contributed by atoms with van der Waals surface area (Å²) >= 11 is 7.44. The molecule has 0 saturated carbocycles. The molecule has 0 radical (unpaired) electrons. The van der Waals surface area contributed by atoms with Gasteiger partial charge in [0.15, 0.2) is 0 Å². The fourth-order valence-corrected chi connectivity index (χ4v) is 0.715. The van der Waals surface area contributed by atoms with Crippen LogP contribution in [-0.4, -0.2) is 0 Å². The van der Waals surface area contributed by atoms with Crippen LogP contribution in [0, 0.1) is 0 Å². The molecule has 0 aromatic carbocycles. The molecule has 0 aliphatic heterocycles. The van der Waals surface area contributed by atoms with Crippen molar-refractivity contribution in [3.8, 4) is 0 Å². The summed E-state index contributed by atoms with van der Waals surface area (Å²) in [7, 11) is 0. The first-order valence-electron chi connectivity index (χ1n) is 3.56. The summed E-state index contributed by atoms with van der Waals surface area (Å²) in [5.74, 6) is 0. The second-order valence-corrected chi connectivity index (χ2v) is 2.77. The first kappa shape index (κ1) is 13.6. The number of thiol groups is 1. The second-order valence-electron chi connectivity index (χ2n) is 1.44. The molecule has 11 heavy (non-hydrogen) atoms. The smallest absolute Gasteiger partial charge is 0.0302 e. The molecule has 0 heterocycles. The van der Waals surface area contributed by atoms with E-state index in [1.807, 2.05) is 32.9 Å². The normalized spacial score (nSPS) is 11.7. The largest absolute Gasteiger partial charge is 0.142 e. The number of halogens is 1. The van der Waals surface area contributed by atoms with Gasteiger partial charge in [-0.25, -0.2) is 0 Å². The summed E-state index contributed by atoms with van der Waals surface area (Å²) in [6, 6.07) is 0. The molecular formula is C9H15BrS. The lowest BCUT2D eigenvalue weighted by Gasteiger charge is -1.90. The Balaban J connectivity index is 0. The van der Waals surface area contributed by atoms with Crippen LogP contribution < -0.4 is 0 Å². The quantitative estimate of drug-likeness (QED) is 0.535. The molecule has 0 amide bonds. The molecule has 2 heteroatoms. The van der Waals surface area contributed by atoms with Gasteiger partial charge in [0.2, 0.25) is 0 Å². The Bertz CT molecular complexity index is 157. The minimum absolute atomic E-state index is 0.896. The van der Waals surface area contributed by atoms with Crippen LogP contribution in [0.15, 0.2) is 34.2 Å². The zero-order valence-electron chi connectivity index (χ0n) is 7.26. The van der Waals surface area contributed by atoms with Crippen LogP contribution in [0.3, 0.4) is 0 Å². The zero-order valence-corrected chi connectivity index (χ0v) is 9.74. The molecule has 0 bridgehead atoms. The van der Waals surface area contributed by atoms with E-state index in [1.165, 1.54) is 0 Å². The van der Waals surface area contributed by atoms with Crippen LogP contribution >= 0.6 is 28.6 Å². The highest BCUT2D eigenvalue weighted by Crippen LogP contribution is 2.16. The Kier molecular flexibility index (Phi) is 12.5. The molecule has 0 aliphatic rings. The van der Waals surface area contributed by atoms with E-state index >= 15 is 0 Å². The molecule has 0 unspecified atom stereocenters. The van der Waals surface area contributed by atoms with Crippen molar-refractivity contribution in [1.29, 1.82) is 0 Å². The third-order valence-electron chi connectivity index (χ3n) is 0.748. The molecule has 0 nitrogen and oxygen atoms in total. The highest BCUT2D eigenvalue weighted by atomic mass is 79.9. The van der Waals surface area contributed by atoms with E-state index in [4.69, 9.17) is 0 Å². The maximum atomic E-state index is 4.16. The van der Waals surface area contributed by atoms with Crippen molar-refractivity contribution in [2.75, 3.05) is 0 Å². The Hall–Kier alpha value is 0.0500. The molecule has 0 N–H and O–H groups in total. The second kappa shape index (κ2) is 10.0. The topological polar surface area (TPSA) is 0 Å².